The Balaban J connectivity index is 1.77. The first-order valence-electron chi connectivity index (χ1n) is 6.98. The Bertz CT molecular complexity index is 591. The van der Waals surface area contributed by atoms with Crippen LogP contribution in [0.2, 0.25) is 0 Å². The predicted molar refractivity (Wildman–Crippen MR) is 77.7 cm³/mol. The minimum absolute atomic E-state index is 0.0407. The van der Waals surface area contributed by atoms with Gasteiger partial charge in [-0.1, -0.05) is 30.3 Å². The minimum atomic E-state index is -0.297. The van der Waals surface area contributed by atoms with Gasteiger partial charge < -0.3 is 10.5 Å². The molecule has 2 N–H and O–H groups in total. The van der Waals surface area contributed by atoms with E-state index in [9.17, 15) is 4.39 Å². The molecule has 3 heteroatoms. The minimum Gasteiger partial charge on any atom is -0.398 e. The van der Waals surface area contributed by atoms with Crippen molar-refractivity contribution in [1.29, 1.82) is 0 Å². The number of nitrogen functional groups attached to an aromatic ring is 1. The van der Waals surface area contributed by atoms with Gasteiger partial charge in [0, 0.05) is 11.3 Å². The number of benzene rings is 2. The van der Waals surface area contributed by atoms with Crippen molar-refractivity contribution in [3.63, 3.8) is 0 Å². The van der Waals surface area contributed by atoms with Gasteiger partial charge in [0.05, 0.1) is 12.7 Å². The summed E-state index contributed by atoms with van der Waals surface area (Å²) in [5, 5.41) is 0. The molecule has 0 saturated heterocycles. The summed E-state index contributed by atoms with van der Waals surface area (Å²) in [7, 11) is 0. The second-order valence-electron chi connectivity index (χ2n) is 5.20. The van der Waals surface area contributed by atoms with E-state index in [0.717, 1.165) is 19.3 Å². The third-order valence-corrected chi connectivity index (χ3v) is 3.90. The van der Waals surface area contributed by atoms with Crippen molar-refractivity contribution in [2.45, 2.75) is 32.0 Å². The molecule has 3 rings (SSSR count). The van der Waals surface area contributed by atoms with Crippen molar-refractivity contribution in [2.75, 3.05) is 5.73 Å². The van der Waals surface area contributed by atoms with Crippen LogP contribution in [-0.2, 0) is 17.8 Å². The lowest BCUT2D eigenvalue weighted by Gasteiger charge is -2.26. The predicted octanol–water partition coefficient (Wildman–Crippen LogP) is 4.00. The summed E-state index contributed by atoms with van der Waals surface area (Å²) in [6, 6.07) is 13.1. The number of aryl methyl sites for hydroxylation is 1. The van der Waals surface area contributed by atoms with E-state index in [1.165, 1.54) is 17.2 Å². The first kappa shape index (κ1) is 13.1. The summed E-state index contributed by atoms with van der Waals surface area (Å²) >= 11 is 0. The molecule has 0 heterocycles. The average molecular weight is 271 g/mol. The lowest BCUT2D eigenvalue weighted by molar-refractivity contribution is 0.0272. The summed E-state index contributed by atoms with van der Waals surface area (Å²) in [6.45, 7) is 0.220. The van der Waals surface area contributed by atoms with Crippen LogP contribution in [0.4, 0.5) is 10.1 Å². The number of hydrogen-bond donors (Lipinski definition) is 1. The van der Waals surface area contributed by atoms with Gasteiger partial charge in [-0.2, -0.15) is 0 Å². The normalized spacial score (nSPS) is 17.8. The number of fused-ring (bicyclic) bond motifs is 1. The molecule has 0 bridgehead atoms. The van der Waals surface area contributed by atoms with Crippen LogP contribution in [0.5, 0.6) is 0 Å². The van der Waals surface area contributed by atoms with Crippen LogP contribution in [0, 0.1) is 5.82 Å². The molecule has 0 radical (unpaired) electrons. The van der Waals surface area contributed by atoms with Crippen LogP contribution in [0.3, 0.4) is 0 Å². The molecule has 0 amide bonds. The lowest BCUT2D eigenvalue weighted by Crippen LogP contribution is -2.13. The Morgan fingerprint density at radius 1 is 1.15 bits per heavy atom. The molecular formula is C17H18FNO. The van der Waals surface area contributed by atoms with Crippen LogP contribution < -0.4 is 5.73 Å². The summed E-state index contributed by atoms with van der Waals surface area (Å²) in [4.78, 5) is 0. The van der Waals surface area contributed by atoms with Gasteiger partial charge in [-0.25, -0.2) is 4.39 Å². The van der Waals surface area contributed by atoms with Crippen molar-refractivity contribution in [2.24, 2.45) is 0 Å². The van der Waals surface area contributed by atoms with Gasteiger partial charge in [0.25, 0.3) is 0 Å². The molecule has 0 saturated carbocycles. The van der Waals surface area contributed by atoms with E-state index in [1.807, 2.05) is 6.07 Å². The fraction of sp³-hybridized carbons (Fsp3) is 0.294. The summed E-state index contributed by atoms with van der Waals surface area (Å²) in [5.41, 5.74) is 9.29. The largest absolute Gasteiger partial charge is 0.398 e. The number of nitrogens with two attached hydrogens (primary N) is 1. The van der Waals surface area contributed by atoms with Gasteiger partial charge in [0.1, 0.15) is 5.82 Å². The van der Waals surface area contributed by atoms with E-state index in [-0.39, 0.29) is 18.5 Å². The fourth-order valence-corrected chi connectivity index (χ4v) is 2.79. The molecule has 1 atom stereocenters. The van der Waals surface area contributed by atoms with Crippen LogP contribution in [-0.4, -0.2) is 0 Å². The molecule has 1 aliphatic carbocycles. The first-order valence-corrected chi connectivity index (χ1v) is 6.98. The molecule has 1 unspecified atom stereocenters. The van der Waals surface area contributed by atoms with Crippen LogP contribution >= 0.6 is 0 Å². The van der Waals surface area contributed by atoms with Gasteiger partial charge in [0.15, 0.2) is 0 Å². The summed E-state index contributed by atoms with van der Waals surface area (Å²) < 4.78 is 19.7. The molecule has 0 aliphatic heterocycles. The van der Waals surface area contributed by atoms with Crippen LogP contribution in [0.15, 0.2) is 42.5 Å². The zero-order valence-electron chi connectivity index (χ0n) is 11.3. The maximum absolute atomic E-state index is 13.7. The van der Waals surface area contributed by atoms with E-state index < -0.39 is 0 Å². The molecule has 0 fully saturated rings. The van der Waals surface area contributed by atoms with Crippen molar-refractivity contribution in [3.8, 4) is 0 Å². The maximum atomic E-state index is 13.7. The van der Waals surface area contributed by atoms with Crippen LogP contribution in [0.1, 0.15) is 35.6 Å². The molecule has 2 nitrogen and oxygen atoms in total. The quantitative estimate of drug-likeness (QED) is 0.856. The molecule has 0 aromatic heterocycles. The third kappa shape index (κ3) is 2.54. The van der Waals surface area contributed by atoms with Crippen LogP contribution in [0.25, 0.3) is 0 Å². The van der Waals surface area contributed by atoms with Gasteiger partial charge >= 0.3 is 0 Å². The Hall–Kier alpha value is -1.87. The number of halogens is 1. The van der Waals surface area contributed by atoms with Crippen molar-refractivity contribution >= 4 is 5.69 Å². The van der Waals surface area contributed by atoms with Crippen molar-refractivity contribution < 1.29 is 9.13 Å². The van der Waals surface area contributed by atoms with Crippen molar-refractivity contribution in [3.05, 3.63) is 65.0 Å². The second kappa shape index (κ2) is 5.63. The van der Waals surface area contributed by atoms with E-state index in [4.69, 9.17) is 10.5 Å². The number of anilines is 1. The first-order chi connectivity index (χ1) is 9.75. The Morgan fingerprint density at radius 3 is 2.85 bits per heavy atom. The highest BCUT2D eigenvalue weighted by molar-refractivity contribution is 5.46. The number of rotatable bonds is 3. The van der Waals surface area contributed by atoms with E-state index in [2.05, 4.69) is 18.2 Å². The van der Waals surface area contributed by atoms with Gasteiger partial charge in [-0.15, -0.1) is 0 Å². The topological polar surface area (TPSA) is 35.2 Å². The number of hydrogen-bond acceptors (Lipinski definition) is 2. The van der Waals surface area contributed by atoms with Gasteiger partial charge in [0.2, 0.25) is 0 Å². The molecule has 2 aromatic rings. The molecule has 104 valence electrons. The van der Waals surface area contributed by atoms with E-state index in [0.29, 0.717) is 11.3 Å². The average Bonchev–Trinajstić information content (AvgIpc) is 2.47. The second-order valence-corrected chi connectivity index (χ2v) is 5.20. The summed E-state index contributed by atoms with van der Waals surface area (Å²) in [6.07, 6.45) is 3.22. The lowest BCUT2D eigenvalue weighted by atomic mass is 9.89. The zero-order chi connectivity index (χ0) is 13.9. The smallest absolute Gasteiger partial charge is 0.130 e. The molecular weight excluding hydrogens is 253 g/mol. The van der Waals surface area contributed by atoms with E-state index >= 15 is 0 Å². The highest BCUT2D eigenvalue weighted by Gasteiger charge is 2.21. The summed E-state index contributed by atoms with van der Waals surface area (Å²) in [5.74, 6) is -0.297. The third-order valence-electron chi connectivity index (χ3n) is 3.90. The standard InChI is InChI=1S/C17H18FNO/c18-15-8-4-9-16(19)14(15)11-20-17-10-3-6-12-5-1-2-7-13(12)17/h1-2,4-5,7-9,17H,3,6,10-11,19H2. The molecule has 1 aliphatic rings. The Kier molecular flexibility index (Phi) is 3.70. The fourth-order valence-electron chi connectivity index (χ4n) is 2.79. The monoisotopic (exact) mass is 271 g/mol. The maximum Gasteiger partial charge on any atom is 0.130 e. The molecule has 0 spiro atoms. The SMILES string of the molecule is Nc1cccc(F)c1COC1CCCc2ccccc21. The highest BCUT2D eigenvalue weighted by atomic mass is 19.1. The molecule has 2 aromatic carbocycles. The van der Waals surface area contributed by atoms with E-state index in [1.54, 1.807) is 12.1 Å². The van der Waals surface area contributed by atoms with Gasteiger partial charge in [-0.05, 0) is 42.5 Å². The molecule has 20 heavy (non-hydrogen) atoms. The van der Waals surface area contributed by atoms with Crippen molar-refractivity contribution in [1.82, 2.24) is 0 Å². The van der Waals surface area contributed by atoms with Gasteiger partial charge in [-0.3, -0.25) is 0 Å². The zero-order valence-corrected chi connectivity index (χ0v) is 11.3. The Morgan fingerprint density at radius 2 is 2.00 bits per heavy atom. The Labute approximate surface area is 118 Å². The highest BCUT2D eigenvalue weighted by Crippen LogP contribution is 2.33. The number of ether oxygens (including phenoxy) is 1.